The molecule has 0 bridgehead atoms. The predicted octanol–water partition coefficient (Wildman–Crippen LogP) is 3.32. The minimum absolute atomic E-state index is 0.0846. The highest BCUT2D eigenvalue weighted by molar-refractivity contribution is 6.35. The summed E-state index contributed by atoms with van der Waals surface area (Å²) >= 11 is 6.30. The molecule has 1 unspecified atom stereocenters. The fraction of sp³-hybridized carbons (Fsp3) is 0.250. The number of benzene rings is 1. The normalized spacial score (nSPS) is 22.6. The summed E-state index contributed by atoms with van der Waals surface area (Å²) in [6.07, 6.45) is 5.16. The van der Waals surface area contributed by atoms with Crippen molar-refractivity contribution in [1.29, 1.82) is 0 Å². The van der Waals surface area contributed by atoms with Crippen molar-refractivity contribution in [3.63, 3.8) is 0 Å². The fourth-order valence-corrected chi connectivity index (χ4v) is 2.98. The van der Waals surface area contributed by atoms with Gasteiger partial charge in [0.1, 0.15) is 0 Å². The van der Waals surface area contributed by atoms with Gasteiger partial charge in [-0.15, -0.1) is 0 Å². The Hall–Kier alpha value is -2.27. The van der Waals surface area contributed by atoms with Gasteiger partial charge < -0.3 is 0 Å². The summed E-state index contributed by atoms with van der Waals surface area (Å²) in [5.74, 6) is -0.0846. The van der Waals surface area contributed by atoms with Crippen LogP contribution < -0.4 is 0 Å². The monoisotopic (exact) mass is 315 g/mol. The SMILES string of the molecule is O=[N+]([O-])C=C1C=CC2=NCCN=C(c3ccccc3Cl)C2C1. The van der Waals surface area contributed by atoms with E-state index in [-0.39, 0.29) is 5.92 Å². The van der Waals surface area contributed by atoms with Crippen LogP contribution in [0, 0.1) is 16.0 Å². The van der Waals surface area contributed by atoms with Gasteiger partial charge in [0.15, 0.2) is 0 Å². The molecule has 5 nitrogen and oxygen atoms in total. The first-order chi connectivity index (χ1) is 10.6. The Morgan fingerprint density at radius 2 is 2.00 bits per heavy atom. The number of aliphatic imine (C=N–C) groups is 2. The first kappa shape index (κ1) is 14.7. The molecule has 0 saturated heterocycles. The van der Waals surface area contributed by atoms with Crippen molar-refractivity contribution in [3.05, 3.63) is 68.9 Å². The zero-order chi connectivity index (χ0) is 15.5. The first-order valence-corrected chi connectivity index (χ1v) is 7.39. The van der Waals surface area contributed by atoms with Gasteiger partial charge in [0.05, 0.1) is 23.7 Å². The second-order valence-electron chi connectivity index (χ2n) is 5.13. The number of nitrogens with zero attached hydrogens (tertiary/aromatic N) is 3. The van der Waals surface area contributed by atoms with Gasteiger partial charge in [-0.3, -0.25) is 20.1 Å². The van der Waals surface area contributed by atoms with E-state index in [0.717, 1.165) is 23.2 Å². The lowest BCUT2D eigenvalue weighted by atomic mass is 9.83. The quantitative estimate of drug-likeness (QED) is 0.620. The van der Waals surface area contributed by atoms with Crippen molar-refractivity contribution in [1.82, 2.24) is 0 Å². The molecular formula is C16H14ClN3O2. The van der Waals surface area contributed by atoms with Gasteiger partial charge >= 0.3 is 0 Å². The van der Waals surface area contributed by atoms with Crippen molar-refractivity contribution < 1.29 is 4.92 Å². The summed E-state index contributed by atoms with van der Waals surface area (Å²) in [7, 11) is 0. The molecule has 6 heteroatoms. The van der Waals surface area contributed by atoms with E-state index in [4.69, 9.17) is 11.6 Å². The van der Waals surface area contributed by atoms with Gasteiger partial charge in [0.25, 0.3) is 0 Å². The number of halogens is 1. The lowest BCUT2D eigenvalue weighted by Crippen LogP contribution is -2.26. The van der Waals surface area contributed by atoms with Gasteiger partial charge in [-0.05, 0) is 18.6 Å². The largest absolute Gasteiger partial charge is 0.287 e. The summed E-state index contributed by atoms with van der Waals surface area (Å²) in [5.41, 5.74) is 3.31. The van der Waals surface area contributed by atoms with E-state index in [1.54, 1.807) is 6.08 Å². The van der Waals surface area contributed by atoms with Crippen LogP contribution in [-0.4, -0.2) is 29.4 Å². The van der Waals surface area contributed by atoms with Gasteiger partial charge in [-0.1, -0.05) is 35.9 Å². The lowest BCUT2D eigenvalue weighted by Gasteiger charge is -2.22. The zero-order valence-electron chi connectivity index (χ0n) is 11.8. The predicted molar refractivity (Wildman–Crippen MR) is 87.5 cm³/mol. The van der Waals surface area contributed by atoms with Crippen LogP contribution in [0.25, 0.3) is 0 Å². The molecule has 1 aliphatic carbocycles. The highest BCUT2D eigenvalue weighted by Gasteiger charge is 2.28. The first-order valence-electron chi connectivity index (χ1n) is 7.01. The molecule has 22 heavy (non-hydrogen) atoms. The van der Waals surface area contributed by atoms with Crippen molar-refractivity contribution in [2.45, 2.75) is 6.42 Å². The molecular weight excluding hydrogens is 302 g/mol. The minimum atomic E-state index is -0.426. The topological polar surface area (TPSA) is 67.9 Å². The average molecular weight is 316 g/mol. The Morgan fingerprint density at radius 3 is 2.77 bits per heavy atom. The fourth-order valence-electron chi connectivity index (χ4n) is 2.75. The smallest absolute Gasteiger partial charge is 0.237 e. The van der Waals surface area contributed by atoms with E-state index in [1.807, 2.05) is 30.3 Å². The Bertz CT molecular complexity index is 735. The molecule has 1 aromatic carbocycles. The summed E-state index contributed by atoms with van der Waals surface area (Å²) in [6.45, 7) is 1.22. The molecule has 3 rings (SSSR count). The van der Waals surface area contributed by atoms with E-state index in [9.17, 15) is 10.1 Å². The molecule has 0 saturated carbocycles. The molecule has 0 spiro atoms. The van der Waals surface area contributed by atoms with E-state index >= 15 is 0 Å². The Morgan fingerprint density at radius 1 is 1.23 bits per heavy atom. The van der Waals surface area contributed by atoms with E-state index in [0.29, 0.717) is 30.1 Å². The van der Waals surface area contributed by atoms with Crippen LogP contribution in [0.1, 0.15) is 12.0 Å². The van der Waals surface area contributed by atoms with Gasteiger partial charge in [-0.25, -0.2) is 0 Å². The van der Waals surface area contributed by atoms with Crippen LogP contribution >= 0.6 is 11.6 Å². The lowest BCUT2D eigenvalue weighted by molar-refractivity contribution is -0.403. The van der Waals surface area contributed by atoms with Crippen LogP contribution in [0.15, 0.2) is 58.2 Å². The average Bonchev–Trinajstić information content (AvgIpc) is 2.69. The van der Waals surface area contributed by atoms with Crippen LogP contribution in [0.2, 0.25) is 5.02 Å². The summed E-state index contributed by atoms with van der Waals surface area (Å²) in [4.78, 5) is 19.5. The van der Waals surface area contributed by atoms with E-state index < -0.39 is 4.92 Å². The number of hydrogen-bond acceptors (Lipinski definition) is 4. The molecule has 0 fully saturated rings. The molecule has 0 amide bonds. The molecule has 0 aromatic heterocycles. The maximum absolute atomic E-state index is 10.7. The van der Waals surface area contributed by atoms with Gasteiger partial charge in [0, 0.05) is 27.8 Å². The Labute approximate surface area is 132 Å². The molecule has 1 heterocycles. The van der Waals surface area contributed by atoms with Crippen LogP contribution in [0.4, 0.5) is 0 Å². The molecule has 1 atom stereocenters. The van der Waals surface area contributed by atoms with Gasteiger partial charge in [0.2, 0.25) is 6.20 Å². The molecule has 2 aliphatic rings. The van der Waals surface area contributed by atoms with Crippen molar-refractivity contribution in [3.8, 4) is 0 Å². The van der Waals surface area contributed by atoms with Crippen molar-refractivity contribution in [2.24, 2.45) is 15.9 Å². The number of hydrogen-bond donors (Lipinski definition) is 0. The molecule has 0 radical (unpaired) electrons. The third-order valence-electron chi connectivity index (χ3n) is 3.69. The van der Waals surface area contributed by atoms with Crippen molar-refractivity contribution >= 4 is 23.0 Å². The Balaban J connectivity index is 2.03. The Kier molecular flexibility index (Phi) is 4.15. The molecule has 112 valence electrons. The highest BCUT2D eigenvalue weighted by Crippen LogP contribution is 2.29. The number of fused-ring (bicyclic) bond motifs is 1. The minimum Gasteiger partial charge on any atom is -0.287 e. The maximum atomic E-state index is 10.7. The second-order valence-corrected chi connectivity index (χ2v) is 5.54. The third-order valence-corrected chi connectivity index (χ3v) is 4.02. The van der Waals surface area contributed by atoms with E-state index in [2.05, 4.69) is 9.98 Å². The third kappa shape index (κ3) is 2.99. The number of rotatable bonds is 2. The van der Waals surface area contributed by atoms with Gasteiger partial charge in [-0.2, -0.15) is 0 Å². The highest BCUT2D eigenvalue weighted by atomic mass is 35.5. The molecule has 1 aliphatic heterocycles. The zero-order valence-corrected chi connectivity index (χ0v) is 12.5. The van der Waals surface area contributed by atoms with E-state index in [1.165, 1.54) is 0 Å². The van der Waals surface area contributed by atoms with Crippen LogP contribution in [-0.2, 0) is 0 Å². The molecule has 0 N–H and O–H groups in total. The second kappa shape index (κ2) is 6.23. The van der Waals surface area contributed by atoms with Crippen LogP contribution in [0.5, 0.6) is 0 Å². The number of allylic oxidation sites excluding steroid dienone is 3. The van der Waals surface area contributed by atoms with Crippen LogP contribution in [0.3, 0.4) is 0 Å². The standard InChI is InChI=1S/C16H14ClN3O2/c17-14-4-2-1-3-12(14)16-13-9-11(10-20(21)22)5-6-15(13)18-7-8-19-16/h1-6,10,13H,7-9H2. The summed E-state index contributed by atoms with van der Waals surface area (Å²) in [5, 5.41) is 11.4. The van der Waals surface area contributed by atoms with Crippen molar-refractivity contribution in [2.75, 3.05) is 13.1 Å². The molecule has 1 aromatic rings. The number of nitro groups is 1. The summed E-state index contributed by atoms with van der Waals surface area (Å²) < 4.78 is 0. The summed E-state index contributed by atoms with van der Waals surface area (Å²) in [6, 6.07) is 7.54. The maximum Gasteiger partial charge on any atom is 0.237 e.